The fourth-order valence-electron chi connectivity index (χ4n) is 2.66. The van der Waals surface area contributed by atoms with E-state index in [1.54, 1.807) is 6.07 Å². The minimum absolute atomic E-state index is 0.198. The zero-order valence-corrected chi connectivity index (χ0v) is 13.8. The number of fused-ring (bicyclic) bond motifs is 1. The minimum Gasteiger partial charge on any atom is -0.464 e. The second kappa shape index (κ2) is 7.44. The molecule has 3 rings (SSSR count). The van der Waals surface area contributed by atoms with Gasteiger partial charge in [-0.05, 0) is 18.6 Å². The number of nitrogens with zero attached hydrogens (tertiary/aromatic N) is 3. The molecule has 0 aromatic carbocycles. The van der Waals surface area contributed by atoms with Gasteiger partial charge in [0.25, 0.3) is 5.76 Å². The summed E-state index contributed by atoms with van der Waals surface area (Å²) in [6, 6.07) is 3.92. The average molecular weight is 342 g/mol. The third-order valence-corrected chi connectivity index (χ3v) is 4.56. The van der Waals surface area contributed by atoms with Crippen molar-refractivity contribution in [3.05, 3.63) is 35.3 Å². The summed E-state index contributed by atoms with van der Waals surface area (Å²) in [4.78, 5) is 4.50. The van der Waals surface area contributed by atoms with Gasteiger partial charge >= 0.3 is 0 Å². The lowest BCUT2D eigenvalue weighted by atomic mass is 10.1. The second-order valence-corrected chi connectivity index (χ2v) is 6.51. The molecule has 8 heteroatoms. The van der Waals surface area contributed by atoms with E-state index < -0.39 is 5.76 Å². The van der Waals surface area contributed by atoms with Gasteiger partial charge in [0.1, 0.15) is 17.3 Å². The van der Waals surface area contributed by atoms with Crippen LogP contribution in [0.3, 0.4) is 0 Å². The molecule has 0 amide bonds. The molecule has 1 aliphatic rings. The van der Waals surface area contributed by atoms with E-state index in [4.69, 9.17) is 4.42 Å². The number of halogens is 2. The van der Waals surface area contributed by atoms with Crippen molar-refractivity contribution in [1.82, 2.24) is 20.1 Å². The van der Waals surface area contributed by atoms with Crippen LogP contribution in [0.25, 0.3) is 0 Å². The van der Waals surface area contributed by atoms with Crippen LogP contribution >= 0.6 is 11.8 Å². The molecule has 1 unspecified atom stereocenters. The highest BCUT2D eigenvalue weighted by Crippen LogP contribution is 2.21. The molecule has 1 aliphatic heterocycles. The van der Waals surface area contributed by atoms with Gasteiger partial charge in [0, 0.05) is 18.9 Å². The third kappa shape index (κ3) is 4.32. The van der Waals surface area contributed by atoms with Crippen LogP contribution in [0.1, 0.15) is 36.5 Å². The Balaban J connectivity index is 1.49. The van der Waals surface area contributed by atoms with Gasteiger partial charge in [0.15, 0.2) is 5.82 Å². The lowest BCUT2D eigenvalue weighted by molar-refractivity contribution is 0.251. The standard InChI is InChI=1S/C15H20F2N4OS/c1-2-13-19-14-6-3-10(8-21(14)20-13)18-7-11-4-5-12(22-11)9-23-15(16)17/h4-5,10,15,18H,2-3,6-9H2,1H3. The van der Waals surface area contributed by atoms with Crippen molar-refractivity contribution in [2.45, 2.75) is 56.8 Å². The predicted octanol–water partition coefficient (Wildman–Crippen LogP) is 2.99. The number of nitrogens with one attached hydrogen (secondary N) is 1. The summed E-state index contributed by atoms with van der Waals surface area (Å²) in [6.45, 7) is 3.45. The second-order valence-electron chi connectivity index (χ2n) is 5.54. The van der Waals surface area contributed by atoms with Gasteiger partial charge in [-0.2, -0.15) is 13.9 Å². The summed E-state index contributed by atoms with van der Waals surface area (Å²) in [5.41, 5.74) is 0. The van der Waals surface area contributed by atoms with E-state index in [2.05, 4.69) is 22.3 Å². The molecule has 1 atom stereocenters. The van der Waals surface area contributed by atoms with Crippen molar-refractivity contribution in [3.8, 4) is 0 Å². The summed E-state index contributed by atoms with van der Waals surface area (Å²) in [5, 5.41) is 7.93. The number of hydrogen-bond acceptors (Lipinski definition) is 5. The van der Waals surface area contributed by atoms with Gasteiger partial charge < -0.3 is 9.73 Å². The summed E-state index contributed by atoms with van der Waals surface area (Å²) < 4.78 is 31.9. The van der Waals surface area contributed by atoms with E-state index in [0.29, 0.717) is 30.1 Å². The number of hydrogen-bond donors (Lipinski definition) is 1. The van der Waals surface area contributed by atoms with Crippen LogP contribution in [0, 0.1) is 0 Å². The van der Waals surface area contributed by atoms with E-state index in [9.17, 15) is 8.78 Å². The molecule has 0 bridgehead atoms. The molecule has 1 N–H and O–H groups in total. The first kappa shape index (κ1) is 16.4. The Bertz CT molecular complexity index is 643. The van der Waals surface area contributed by atoms with Gasteiger partial charge in [0.2, 0.25) is 0 Å². The normalized spacial score (nSPS) is 17.7. The number of rotatable bonds is 7. The van der Waals surface area contributed by atoms with Crippen molar-refractivity contribution in [2.75, 3.05) is 0 Å². The van der Waals surface area contributed by atoms with Crippen molar-refractivity contribution in [2.24, 2.45) is 0 Å². The molecule has 0 fully saturated rings. The molecular weight excluding hydrogens is 322 g/mol. The summed E-state index contributed by atoms with van der Waals surface area (Å²) >= 11 is 0.575. The molecular formula is C15H20F2N4OS. The van der Waals surface area contributed by atoms with Gasteiger partial charge in [-0.25, -0.2) is 9.67 Å². The van der Waals surface area contributed by atoms with Crippen LogP contribution in [0.2, 0.25) is 0 Å². The molecule has 0 spiro atoms. The Kier molecular flexibility index (Phi) is 5.32. The van der Waals surface area contributed by atoms with Crippen LogP contribution in [-0.4, -0.2) is 26.6 Å². The van der Waals surface area contributed by atoms with Crippen molar-refractivity contribution >= 4 is 11.8 Å². The highest BCUT2D eigenvalue weighted by atomic mass is 32.2. The maximum atomic E-state index is 12.2. The van der Waals surface area contributed by atoms with Gasteiger partial charge in [0.05, 0.1) is 18.8 Å². The fourth-order valence-corrected chi connectivity index (χ4v) is 3.11. The Morgan fingerprint density at radius 1 is 1.43 bits per heavy atom. The molecule has 5 nitrogen and oxygen atoms in total. The largest absolute Gasteiger partial charge is 0.464 e. The van der Waals surface area contributed by atoms with Crippen LogP contribution in [0.5, 0.6) is 0 Å². The smallest absolute Gasteiger partial charge is 0.284 e. The molecule has 2 aromatic heterocycles. The van der Waals surface area contributed by atoms with Crippen LogP contribution in [-0.2, 0) is 31.7 Å². The quantitative estimate of drug-likeness (QED) is 0.838. The Morgan fingerprint density at radius 3 is 3.04 bits per heavy atom. The first-order chi connectivity index (χ1) is 11.1. The van der Waals surface area contributed by atoms with Crippen molar-refractivity contribution in [3.63, 3.8) is 0 Å². The average Bonchev–Trinajstić information content (AvgIpc) is 3.16. The maximum absolute atomic E-state index is 12.2. The number of alkyl halides is 2. The molecule has 126 valence electrons. The van der Waals surface area contributed by atoms with E-state index in [1.807, 2.05) is 10.7 Å². The van der Waals surface area contributed by atoms with Crippen molar-refractivity contribution in [1.29, 1.82) is 0 Å². The molecule has 2 aromatic rings. The van der Waals surface area contributed by atoms with Crippen LogP contribution in [0.4, 0.5) is 8.78 Å². The molecule has 0 saturated heterocycles. The monoisotopic (exact) mass is 342 g/mol. The first-order valence-corrected chi connectivity index (χ1v) is 8.82. The Morgan fingerprint density at radius 2 is 2.26 bits per heavy atom. The van der Waals surface area contributed by atoms with Gasteiger partial charge in [-0.1, -0.05) is 18.7 Å². The van der Waals surface area contributed by atoms with E-state index in [0.717, 1.165) is 43.2 Å². The highest BCUT2D eigenvalue weighted by molar-refractivity contribution is 7.98. The first-order valence-electron chi connectivity index (χ1n) is 7.77. The van der Waals surface area contributed by atoms with Crippen molar-refractivity contribution < 1.29 is 13.2 Å². The number of thioether (sulfide) groups is 1. The Labute approximate surface area is 137 Å². The Hall–Kier alpha value is -1.41. The predicted molar refractivity (Wildman–Crippen MR) is 84.4 cm³/mol. The van der Waals surface area contributed by atoms with E-state index in [1.165, 1.54) is 0 Å². The van der Waals surface area contributed by atoms with Crippen LogP contribution < -0.4 is 5.32 Å². The van der Waals surface area contributed by atoms with Gasteiger partial charge in [-0.15, -0.1) is 0 Å². The maximum Gasteiger partial charge on any atom is 0.284 e. The highest BCUT2D eigenvalue weighted by Gasteiger charge is 2.21. The molecule has 3 heterocycles. The fraction of sp³-hybridized carbons (Fsp3) is 0.600. The molecule has 0 aliphatic carbocycles. The summed E-state index contributed by atoms with van der Waals surface area (Å²) in [7, 11) is 0. The molecule has 0 saturated carbocycles. The number of aromatic nitrogens is 3. The lowest BCUT2D eigenvalue weighted by Crippen LogP contribution is -2.37. The van der Waals surface area contributed by atoms with Crippen LogP contribution in [0.15, 0.2) is 16.5 Å². The SMILES string of the molecule is CCc1nc2n(n1)CC(NCc1ccc(CSC(F)F)o1)CC2. The topological polar surface area (TPSA) is 55.9 Å². The van der Waals surface area contributed by atoms with E-state index in [-0.39, 0.29) is 5.75 Å². The van der Waals surface area contributed by atoms with E-state index >= 15 is 0 Å². The lowest BCUT2D eigenvalue weighted by Gasteiger charge is -2.23. The minimum atomic E-state index is -2.37. The summed E-state index contributed by atoms with van der Waals surface area (Å²) in [6.07, 6.45) is 2.78. The zero-order valence-electron chi connectivity index (χ0n) is 13.0. The van der Waals surface area contributed by atoms with Gasteiger partial charge in [-0.3, -0.25) is 0 Å². The third-order valence-electron chi connectivity index (χ3n) is 3.85. The molecule has 23 heavy (non-hydrogen) atoms. The summed E-state index contributed by atoms with van der Waals surface area (Å²) in [5.74, 6) is 1.14. The zero-order chi connectivity index (χ0) is 16.2. The number of furan rings is 1. The molecule has 0 radical (unpaired) electrons. The number of aryl methyl sites for hydroxylation is 2.